The second kappa shape index (κ2) is 6.72. The molecule has 2 aromatic heterocycles. The molecule has 20 heavy (non-hydrogen) atoms. The molecule has 0 saturated carbocycles. The number of thiophene rings is 1. The van der Waals surface area contributed by atoms with Crippen molar-refractivity contribution < 1.29 is 13.9 Å². The first-order chi connectivity index (χ1) is 9.65. The van der Waals surface area contributed by atoms with E-state index in [1.54, 1.807) is 17.4 Å². The van der Waals surface area contributed by atoms with Gasteiger partial charge < -0.3 is 9.15 Å². The van der Waals surface area contributed by atoms with Crippen LogP contribution in [0, 0.1) is 0 Å². The monoisotopic (exact) mass is 293 g/mol. The highest BCUT2D eigenvalue weighted by atomic mass is 32.1. The van der Waals surface area contributed by atoms with Crippen LogP contribution in [0.15, 0.2) is 34.1 Å². The summed E-state index contributed by atoms with van der Waals surface area (Å²) in [6.07, 6.45) is 0. The lowest BCUT2D eigenvalue weighted by atomic mass is 10.2. The summed E-state index contributed by atoms with van der Waals surface area (Å²) in [5.41, 5.74) is 0. The van der Waals surface area contributed by atoms with Crippen LogP contribution in [0.1, 0.15) is 41.1 Å². The SMILES string of the molecule is CCN(Cc1cccs1)C(C)c1ccc(C(=O)OC)o1. The molecule has 0 amide bonds. The van der Waals surface area contributed by atoms with Crippen LogP contribution in [-0.2, 0) is 11.3 Å². The van der Waals surface area contributed by atoms with Crippen LogP contribution in [-0.4, -0.2) is 24.5 Å². The Morgan fingerprint density at radius 1 is 1.45 bits per heavy atom. The minimum atomic E-state index is -0.440. The Morgan fingerprint density at radius 3 is 2.85 bits per heavy atom. The third-order valence-corrected chi connectivity index (χ3v) is 4.18. The number of esters is 1. The molecule has 0 bridgehead atoms. The normalized spacial score (nSPS) is 12.6. The number of carbonyl (C=O) groups is 1. The molecule has 2 rings (SSSR count). The van der Waals surface area contributed by atoms with Gasteiger partial charge in [-0.05, 0) is 37.0 Å². The number of methoxy groups -OCH3 is 1. The average molecular weight is 293 g/mol. The summed E-state index contributed by atoms with van der Waals surface area (Å²) in [4.78, 5) is 15.0. The molecule has 0 spiro atoms. The van der Waals surface area contributed by atoms with Gasteiger partial charge in [0.15, 0.2) is 0 Å². The predicted molar refractivity (Wildman–Crippen MR) is 78.9 cm³/mol. The highest BCUT2D eigenvalue weighted by Gasteiger charge is 2.20. The van der Waals surface area contributed by atoms with Crippen LogP contribution in [0.2, 0.25) is 0 Å². The van der Waals surface area contributed by atoms with E-state index >= 15 is 0 Å². The van der Waals surface area contributed by atoms with Crippen molar-refractivity contribution in [2.45, 2.75) is 26.4 Å². The van der Waals surface area contributed by atoms with Crippen molar-refractivity contribution in [1.82, 2.24) is 4.90 Å². The second-order valence-electron chi connectivity index (χ2n) is 4.51. The summed E-state index contributed by atoms with van der Waals surface area (Å²) in [5.74, 6) is 0.593. The Balaban J connectivity index is 2.09. The first-order valence-corrected chi connectivity index (χ1v) is 7.48. The number of hydrogen-bond donors (Lipinski definition) is 0. The van der Waals surface area contributed by atoms with E-state index in [9.17, 15) is 4.79 Å². The van der Waals surface area contributed by atoms with Gasteiger partial charge in [0.05, 0.1) is 13.2 Å². The van der Waals surface area contributed by atoms with Crippen molar-refractivity contribution in [3.05, 3.63) is 46.0 Å². The van der Waals surface area contributed by atoms with Gasteiger partial charge in [0, 0.05) is 11.4 Å². The third kappa shape index (κ3) is 3.29. The number of rotatable bonds is 6. The highest BCUT2D eigenvalue weighted by molar-refractivity contribution is 7.09. The molecular formula is C15H19NO3S. The van der Waals surface area contributed by atoms with Crippen molar-refractivity contribution in [3.8, 4) is 0 Å². The standard InChI is InChI=1S/C15H19NO3S/c1-4-16(10-12-6-5-9-20-12)11(2)13-7-8-14(19-13)15(17)18-3/h5-9,11H,4,10H2,1-3H3. The Kier molecular flexibility index (Phi) is 4.98. The number of carbonyl (C=O) groups excluding carboxylic acids is 1. The zero-order chi connectivity index (χ0) is 14.5. The lowest BCUT2D eigenvalue weighted by Gasteiger charge is -2.25. The molecule has 1 atom stereocenters. The average Bonchev–Trinajstić information content (AvgIpc) is 3.14. The van der Waals surface area contributed by atoms with Crippen molar-refractivity contribution in [1.29, 1.82) is 0 Å². The number of hydrogen-bond acceptors (Lipinski definition) is 5. The fraction of sp³-hybridized carbons (Fsp3) is 0.400. The van der Waals surface area contributed by atoms with Gasteiger partial charge in [0.2, 0.25) is 5.76 Å². The first-order valence-electron chi connectivity index (χ1n) is 6.60. The lowest BCUT2D eigenvalue weighted by molar-refractivity contribution is 0.0558. The minimum Gasteiger partial charge on any atom is -0.463 e. The van der Waals surface area contributed by atoms with Crippen LogP contribution in [0.3, 0.4) is 0 Å². The molecule has 0 saturated heterocycles. The molecule has 0 aliphatic carbocycles. The summed E-state index contributed by atoms with van der Waals surface area (Å²) in [6.45, 7) is 5.99. The zero-order valence-corrected chi connectivity index (χ0v) is 12.8. The van der Waals surface area contributed by atoms with Crippen LogP contribution < -0.4 is 0 Å². The van der Waals surface area contributed by atoms with Gasteiger partial charge in [-0.2, -0.15) is 0 Å². The van der Waals surface area contributed by atoms with Gasteiger partial charge in [-0.15, -0.1) is 11.3 Å². The van der Waals surface area contributed by atoms with E-state index in [1.807, 2.05) is 6.07 Å². The molecule has 5 heteroatoms. The Morgan fingerprint density at radius 2 is 2.25 bits per heavy atom. The maximum Gasteiger partial charge on any atom is 0.373 e. The van der Waals surface area contributed by atoms with E-state index in [2.05, 4.69) is 41.0 Å². The molecule has 2 heterocycles. The molecule has 4 nitrogen and oxygen atoms in total. The van der Waals surface area contributed by atoms with E-state index < -0.39 is 5.97 Å². The highest BCUT2D eigenvalue weighted by Crippen LogP contribution is 2.25. The van der Waals surface area contributed by atoms with Gasteiger partial charge >= 0.3 is 5.97 Å². The van der Waals surface area contributed by atoms with E-state index in [4.69, 9.17) is 4.42 Å². The fourth-order valence-corrected chi connectivity index (χ4v) is 2.82. The largest absolute Gasteiger partial charge is 0.463 e. The molecule has 0 aliphatic heterocycles. The molecule has 1 unspecified atom stereocenters. The van der Waals surface area contributed by atoms with Gasteiger partial charge in [-0.25, -0.2) is 4.79 Å². The molecule has 0 fully saturated rings. The van der Waals surface area contributed by atoms with Gasteiger partial charge in [-0.1, -0.05) is 13.0 Å². The fourth-order valence-electron chi connectivity index (χ4n) is 2.09. The van der Waals surface area contributed by atoms with Gasteiger partial charge in [-0.3, -0.25) is 4.90 Å². The molecular weight excluding hydrogens is 274 g/mol. The van der Waals surface area contributed by atoms with Crippen LogP contribution in [0.5, 0.6) is 0 Å². The van der Waals surface area contributed by atoms with E-state index in [0.717, 1.165) is 18.8 Å². The summed E-state index contributed by atoms with van der Waals surface area (Å²) in [6, 6.07) is 7.80. The van der Waals surface area contributed by atoms with Crippen molar-refractivity contribution >= 4 is 17.3 Å². The lowest BCUT2D eigenvalue weighted by Crippen LogP contribution is -2.25. The van der Waals surface area contributed by atoms with Crippen LogP contribution >= 0.6 is 11.3 Å². The molecule has 0 aromatic carbocycles. The summed E-state index contributed by atoms with van der Waals surface area (Å²) >= 11 is 1.75. The Bertz CT molecular complexity index is 547. The zero-order valence-electron chi connectivity index (χ0n) is 12.0. The summed E-state index contributed by atoms with van der Waals surface area (Å²) in [5, 5.41) is 2.08. The minimum absolute atomic E-state index is 0.112. The van der Waals surface area contributed by atoms with Gasteiger partial charge in [0.1, 0.15) is 5.76 Å². The van der Waals surface area contributed by atoms with E-state index in [0.29, 0.717) is 0 Å². The maximum atomic E-state index is 11.4. The third-order valence-electron chi connectivity index (χ3n) is 3.32. The topological polar surface area (TPSA) is 42.7 Å². The molecule has 0 N–H and O–H groups in total. The van der Waals surface area contributed by atoms with Crippen molar-refractivity contribution in [3.63, 3.8) is 0 Å². The Hall–Kier alpha value is -1.59. The number of nitrogens with zero attached hydrogens (tertiary/aromatic N) is 1. The Labute approximate surface area is 123 Å². The van der Waals surface area contributed by atoms with Crippen LogP contribution in [0.4, 0.5) is 0 Å². The predicted octanol–water partition coefficient (Wildman–Crippen LogP) is 3.71. The molecule has 0 aliphatic rings. The molecule has 108 valence electrons. The van der Waals surface area contributed by atoms with E-state index in [1.165, 1.54) is 12.0 Å². The van der Waals surface area contributed by atoms with Crippen molar-refractivity contribution in [2.75, 3.05) is 13.7 Å². The van der Waals surface area contributed by atoms with E-state index in [-0.39, 0.29) is 11.8 Å². The second-order valence-corrected chi connectivity index (χ2v) is 5.54. The number of furan rings is 1. The van der Waals surface area contributed by atoms with Crippen LogP contribution in [0.25, 0.3) is 0 Å². The maximum absolute atomic E-state index is 11.4. The first kappa shape index (κ1) is 14.8. The summed E-state index contributed by atoms with van der Waals surface area (Å²) in [7, 11) is 1.35. The van der Waals surface area contributed by atoms with Gasteiger partial charge in [0.25, 0.3) is 0 Å². The quantitative estimate of drug-likeness (QED) is 0.761. The van der Waals surface area contributed by atoms with Crippen molar-refractivity contribution in [2.24, 2.45) is 0 Å². The molecule has 0 radical (unpaired) electrons. The summed E-state index contributed by atoms with van der Waals surface area (Å²) < 4.78 is 10.2. The smallest absolute Gasteiger partial charge is 0.373 e. The molecule has 2 aromatic rings. The number of ether oxygens (including phenoxy) is 1.